The third-order valence-corrected chi connectivity index (χ3v) is 4.71. The summed E-state index contributed by atoms with van der Waals surface area (Å²) in [5.41, 5.74) is 0.382. The molecule has 2 rings (SSSR count). The molecule has 0 spiro atoms. The summed E-state index contributed by atoms with van der Waals surface area (Å²) >= 11 is 0. The summed E-state index contributed by atoms with van der Waals surface area (Å²) in [6.07, 6.45) is 1.30. The second-order valence-corrected chi connectivity index (χ2v) is 6.33. The molecule has 0 aliphatic rings. The summed E-state index contributed by atoms with van der Waals surface area (Å²) in [7, 11) is -2.30. The van der Waals surface area contributed by atoms with Crippen LogP contribution >= 0.6 is 0 Å². The molecular formula is C14H16FN3O2S. The second kappa shape index (κ2) is 6.09. The van der Waals surface area contributed by atoms with Crippen LogP contribution in [0.5, 0.6) is 0 Å². The molecule has 0 aliphatic carbocycles. The first-order valence-electron chi connectivity index (χ1n) is 6.39. The quantitative estimate of drug-likeness (QED) is 0.921. The van der Waals surface area contributed by atoms with Crippen LogP contribution in [0.25, 0.3) is 0 Å². The topological polar surface area (TPSA) is 62.3 Å². The largest absolute Gasteiger partial charge is 0.370 e. The standard InChI is InChI=1S/C14H16FN3O2S/c1-3-16-14-9-8-13(10-17-14)21(19,20)18(2)12-6-4-11(15)5-7-12/h4-10H,3H2,1-2H3,(H,16,17). The van der Waals surface area contributed by atoms with Crippen molar-refractivity contribution in [1.82, 2.24) is 4.98 Å². The zero-order chi connectivity index (χ0) is 15.5. The summed E-state index contributed by atoms with van der Waals surface area (Å²) in [5.74, 6) is 0.196. The normalized spacial score (nSPS) is 11.2. The van der Waals surface area contributed by atoms with Crippen molar-refractivity contribution in [2.45, 2.75) is 11.8 Å². The van der Waals surface area contributed by atoms with Gasteiger partial charge < -0.3 is 5.32 Å². The number of pyridine rings is 1. The van der Waals surface area contributed by atoms with Crippen LogP contribution in [0.3, 0.4) is 0 Å². The molecule has 0 amide bonds. The lowest BCUT2D eigenvalue weighted by Gasteiger charge is -2.19. The molecule has 0 aliphatic heterocycles. The Morgan fingerprint density at radius 2 is 1.86 bits per heavy atom. The van der Waals surface area contributed by atoms with Crippen molar-refractivity contribution in [3.63, 3.8) is 0 Å². The van der Waals surface area contributed by atoms with E-state index in [1.54, 1.807) is 6.07 Å². The van der Waals surface area contributed by atoms with E-state index in [0.29, 0.717) is 18.1 Å². The lowest BCUT2D eigenvalue weighted by atomic mass is 10.3. The first-order chi connectivity index (χ1) is 9.95. The van der Waals surface area contributed by atoms with E-state index in [-0.39, 0.29) is 4.90 Å². The highest BCUT2D eigenvalue weighted by Gasteiger charge is 2.21. The predicted molar refractivity (Wildman–Crippen MR) is 80.4 cm³/mol. The smallest absolute Gasteiger partial charge is 0.265 e. The number of nitrogens with one attached hydrogen (secondary N) is 1. The minimum absolute atomic E-state index is 0.0796. The van der Waals surface area contributed by atoms with Crippen molar-refractivity contribution in [2.24, 2.45) is 0 Å². The van der Waals surface area contributed by atoms with Crippen LogP contribution in [-0.2, 0) is 10.0 Å². The lowest BCUT2D eigenvalue weighted by Crippen LogP contribution is -2.26. The van der Waals surface area contributed by atoms with Gasteiger partial charge in [0.05, 0.1) is 5.69 Å². The Bertz CT molecular complexity index is 700. The van der Waals surface area contributed by atoms with Crippen LogP contribution in [0.2, 0.25) is 0 Å². The van der Waals surface area contributed by atoms with Gasteiger partial charge in [-0.2, -0.15) is 0 Å². The molecule has 112 valence electrons. The number of halogens is 1. The summed E-state index contributed by atoms with van der Waals surface area (Å²) < 4.78 is 38.9. The summed E-state index contributed by atoms with van der Waals surface area (Å²) in [6.45, 7) is 2.63. The zero-order valence-corrected chi connectivity index (χ0v) is 12.6. The van der Waals surface area contributed by atoms with Crippen LogP contribution < -0.4 is 9.62 Å². The molecule has 0 unspecified atom stereocenters. The van der Waals surface area contributed by atoms with Crippen molar-refractivity contribution in [3.05, 3.63) is 48.4 Å². The number of nitrogens with zero attached hydrogens (tertiary/aromatic N) is 2. The first kappa shape index (κ1) is 15.2. The van der Waals surface area contributed by atoms with Crippen LogP contribution in [0.1, 0.15) is 6.92 Å². The van der Waals surface area contributed by atoms with E-state index in [9.17, 15) is 12.8 Å². The van der Waals surface area contributed by atoms with Gasteiger partial charge in [0, 0.05) is 19.8 Å². The SMILES string of the molecule is CCNc1ccc(S(=O)(=O)N(C)c2ccc(F)cc2)cn1. The van der Waals surface area contributed by atoms with Gasteiger partial charge in [-0.05, 0) is 43.3 Å². The van der Waals surface area contributed by atoms with E-state index in [1.807, 2.05) is 6.92 Å². The Balaban J connectivity index is 2.30. The van der Waals surface area contributed by atoms with Crippen molar-refractivity contribution < 1.29 is 12.8 Å². The molecule has 0 bridgehead atoms. The molecule has 0 saturated carbocycles. The van der Waals surface area contributed by atoms with Crippen molar-refractivity contribution in [1.29, 1.82) is 0 Å². The molecule has 1 aromatic carbocycles. The number of sulfonamides is 1. The summed E-state index contributed by atoms with van der Waals surface area (Å²) in [5, 5.41) is 2.99. The van der Waals surface area contributed by atoms with Gasteiger partial charge in [0.15, 0.2) is 0 Å². The molecule has 1 heterocycles. The third-order valence-electron chi connectivity index (χ3n) is 2.94. The van der Waals surface area contributed by atoms with E-state index in [4.69, 9.17) is 0 Å². The molecule has 21 heavy (non-hydrogen) atoms. The van der Waals surface area contributed by atoms with E-state index in [0.717, 1.165) is 4.31 Å². The van der Waals surface area contributed by atoms with E-state index in [2.05, 4.69) is 10.3 Å². The highest BCUT2D eigenvalue weighted by atomic mass is 32.2. The maximum absolute atomic E-state index is 12.9. The van der Waals surface area contributed by atoms with Gasteiger partial charge in [0.1, 0.15) is 16.5 Å². The summed E-state index contributed by atoms with van der Waals surface area (Å²) in [6, 6.07) is 8.34. The highest BCUT2D eigenvalue weighted by molar-refractivity contribution is 7.92. The number of rotatable bonds is 5. The molecule has 0 radical (unpaired) electrons. The molecule has 2 aromatic rings. The monoisotopic (exact) mass is 309 g/mol. The Hall–Kier alpha value is -2.15. The summed E-state index contributed by atoms with van der Waals surface area (Å²) in [4.78, 5) is 4.13. The molecule has 1 aromatic heterocycles. The van der Waals surface area contributed by atoms with Crippen molar-refractivity contribution >= 4 is 21.5 Å². The number of benzene rings is 1. The maximum Gasteiger partial charge on any atom is 0.265 e. The fraction of sp³-hybridized carbons (Fsp3) is 0.214. The molecule has 0 atom stereocenters. The van der Waals surface area contributed by atoms with E-state index < -0.39 is 15.8 Å². The third kappa shape index (κ3) is 3.30. The average molecular weight is 309 g/mol. The van der Waals surface area contributed by atoms with Crippen molar-refractivity contribution in [3.8, 4) is 0 Å². The van der Waals surface area contributed by atoms with Crippen LogP contribution in [0.15, 0.2) is 47.5 Å². The Morgan fingerprint density at radius 3 is 2.38 bits per heavy atom. The maximum atomic E-state index is 12.9. The number of anilines is 2. The molecule has 1 N–H and O–H groups in total. The number of hydrogen-bond donors (Lipinski definition) is 1. The zero-order valence-electron chi connectivity index (χ0n) is 11.7. The second-order valence-electron chi connectivity index (χ2n) is 4.36. The van der Waals surface area contributed by atoms with Crippen LogP contribution in [-0.4, -0.2) is 27.0 Å². The van der Waals surface area contributed by atoms with Gasteiger partial charge in [-0.25, -0.2) is 17.8 Å². The van der Waals surface area contributed by atoms with Gasteiger partial charge >= 0.3 is 0 Å². The Kier molecular flexibility index (Phi) is 4.42. The predicted octanol–water partition coefficient (Wildman–Crippen LogP) is 2.48. The van der Waals surface area contributed by atoms with Crippen molar-refractivity contribution in [2.75, 3.05) is 23.2 Å². The van der Waals surface area contributed by atoms with Gasteiger partial charge in [-0.3, -0.25) is 4.31 Å². The van der Waals surface area contributed by atoms with E-state index >= 15 is 0 Å². The first-order valence-corrected chi connectivity index (χ1v) is 7.83. The molecule has 7 heteroatoms. The van der Waals surface area contributed by atoms with E-state index in [1.165, 1.54) is 43.6 Å². The fourth-order valence-corrected chi connectivity index (χ4v) is 2.91. The van der Waals surface area contributed by atoms with Gasteiger partial charge in [0.25, 0.3) is 10.0 Å². The molecular weight excluding hydrogens is 293 g/mol. The Morgan fingerprint density at radius 1 is 1.19 bits per heavy atom. The van der Waals surface area contributed by atoms with Gasteiger partial charge in [-0.15, -0.1) is 0 Å². The average Bonchev–Trinajstić information content (AvgIpc) is 2.48. The number of hydrogen-bond acceptors (Lipinski definition) is 4. The van der Waals surface area contributed by atoms with Gasteiger partial charge in [0.2, 0.25) is 0 Å². The Labute approximate surface area is 123 Å². The molecule has 0 fully saturated rings. The minimum Gasteiger partial charge on any atom is -0.370 e. The highest BCUT2D eigenvalue weighted by Crippen LogP contribution is 2.22. The van der Waals surface area contributed by atoms with Crippen LogP contribution in [0.4, 0.5) is 15.9 Å². The number of aromatic nitrogens is 1. The molecule has 5 nitrogen and oxygen atoms in total. The van der Waals surface area contributed by atoms with Gasteiger partial charge in [-0.1, -0.05) is 0 Å². The van der Waals surface area contributed by atoms with Crippen LogP contribution in [0, 0.1) is 5.82 Å². The lowest BCUT2D eigenvalue weighted by molar-refractivity contribution is 0.593. The fourth-order valence-electron chi connectivity index (χ4n) is 1.77. The molecule has 0 saturated heterocycles. The minimum atomic E-state index is -3.72.